The van der Waals surface area contributed by atoms with E-state index in [-0.39, 0.29) is 0 Å². The van der Waals surface area contributed by atoms with Crippen LogP contribution in [-0.4, -0.2) is 37.8 Å². The van der Waals surface area contributed by atoms with Gasteiger partial charge in [-0.25, -0.2) is 0 Å². The van der Waals surface area contributed by atoms with Crippen molar-refractivity contribution in [2.45, 2.75) is 45.6 Å². The Bertz CT molecular complexity index is 416. The molecule has 20 heavy (non-hydrogen) atoms. The highest BCUT2D eigenvalue weighted by molar-refractivity contribution is 5.58. The minimum absolute atomic E-state index is 0.591. The van der Waals surface area contributed by atoms with E-state index in [0.29, 0.717) is 6.04 Å². The van der Waals surface area contributed by atoms with Crippen molar-refractivity contribution in [3.05, 3.63) is 18.0 Å². The number of nitrogens with one attached hydrogen (secondary N) is 1. The monoisotopic (exact) mass is 277 g/mol. The van der Waals surface area contributed by atoms with Gasteiger partial charge in [-0.3, -0.25) is 4.98 Å². The SMILES string of the molecule is CCCN(CC1CCCCN1)c1cc(C)ncc1OC. The summed E-state index contributed by atoms with van der Waals surface area (Å²) in [7, 11) is 1.72. The molecule has 1 aliphatic heterocycles. The van der Waals surface area contributed by atoms with E-state index in [1.807, 2.05) is 13.1 Å². The first-order valence-corrected chi connectivity index (χ1v) is 7.73. The van der Waals surface area contributed by atoms with E-state index in [2.05, 4.69) is 28.2 Å². The van der Waals surface area contributed by atoms with Crippen molar-refractivity contribution in [3.8, 4) is 5.75 Å². The van der Waals surface area contributed by atoms with Crippen molar-refractivity contribution in [1.29, 1.82) is 0 Å². The van der Waals surface area contributed by atoms with Gasteiger partial charge in [0.1, 0.15) is 0 Å². The zero-order chi connectivity index (χ0) is 14.4. The van der Waals surface area contributed by atoms with Crippen LogP contribution in [0.2, 0.25) is 0 Å². The van der Waals surface area contributed by atoms with Gasteiger partial charge in [-0.05, 0) is 38.8 Å². The minimum atomic E-state index is 0.591. The molecule has 4 heteroatoms. The summed E-state index contributed by atoms with van der Waals surface area (Å²) < 4.78 is 5.49. The first-order chi connectivity index (χ1) is 9.74. The summed E-state index contributed by atoms with van der Waals surface area (Å²) in [6.07, 6.45) is 6.89. The molecule has 1 unspecified atom stereocenters. The van der Waals surface area contributed by atoms with Gasteiger partial charge in [-0.15, -0.1) is 0 Å². The van der Waals surface area contributed by atoms with Crippen molar-refractivity contribution in [3.63, 3.8) is 0 Å². The van der Waals surface area contributed by atoms with Crippen LogP contribution < -0.4 is 15.0 Å². The molecule has 0 amide bonds. The first-order valence-electron chi connectivity index (χ1n) is 7.73. The topological polar surface area (TPSA) is 37.4 Å². The van der Waals surface area contributed by atoms with Crippen LogP contribution in [-0.2, 0) is 0 Å². The molecule has 1 saturated heterocycles. The molecule has 0 spiro atoms. The average molecular weight is 277 g/mol. The number of methoxy groups -OCH3 is 1. The van der Waals surface area contributed by atoms with Gasteiger partial charge < -0.3 is 15.0 Å². The number of piperidine rings is 1. The van der Waals surface area contributed by atoms with Crippen molar-refractivity contribution in [2.75, 3.05) is 31.6 Å². The average Bonchev–Trinajstić information content (AvgIpc) is 2.48. The quantitative estimate of drug-likeness (QED) is 0.867. The lowest BCUT2D eigenvalue weighted by molar-refractivity contribution is 0.391. The Kier molecular flexibility index (Phi) is 5.65. The third kappa shape index (κ3) is 3.85. The van der Waals surface area contributed by atoms with Crippen LogP contribution >= 0.6 is 0 Å². The fourth-order valence-electron chi connectivity index (χ4n) is 2.86. The molecule has 1 atom stereocenters. The molecule has 1 aromatic rings. The van der Waals surface area contributed by atoms with Gasteiger partial charge >= 0.3 is 0 Å². The highest BCUT2D eigenvalue weighted by Crippen LogP contribution is 2.28. The molecule has 2 heterocycles. The van der Waals surface area contributed by atoms with Crippen LogP contribution in [0.15, 0.2) is 12.3 Å². The molecule has 1 aromatic heterocycles. The van der Waals surface area contributed by atoms with Gasteiger partial charge in [0.2, 0.25) is 0 Å². The van der Waals surface area contributed by atoms with Gasteiger partial charge in [-0.1, -0.05) is 13.3 Å². The zero-order valence-electron chi connectivity index (χ0n) is 13.0. The van der Waals surface area contributed by atoms with Crippen LogP contribution in [0.25, 0.3) is 0 Å². The largest absolute Gasteiger partial charge is 0.493 e. The number of anilines is 1. The third-order valence-electron chi connectivity index (χ3n) is 3.89. The third-order valence-corrected chi connectivity index (χ3v) is 3.89. The Morgan fingerprint density at radius 2 is 2.30 bits per heavy atom. The lowest BCUT2D eigenvalue weighted by Crippen LogP contribution is -2.44. The Morgan fingerprint density at radius 3 is 2.95 bits per heavy atom. The second-order valence-corrected chi connectivity index (χ2v) is 5.59. The fourth-order valence-corrected chi connectivity index (χ4v) is 2.86. The summed E-state index contributed by atoms with van der Waals surface area (Å²) in [6.45, 7) is 7.51. The number of hydrogen-bond acceptors (Lipinski definition) is 4. The summed E-state index contributed by atoms with van der Waals surface area (Å²) in [5.41, 5.74) is 2.22. The van der Waals surface area contributed by atoms with Crippen molar-refractivity contribution in [1.82, 2.24) is 10.3 Å². The highest BCUT2D eigenvalue weighted by Gasteiger charge is 2.19. The Hall–Kier alpha value is -1.29. The molecule has 1 aliphatic rings. The summed E-state index contributed by atoms with van der Waals surface area (Å²) in [6, 6.07) is 2.73. The van der Waals surface area contributed by atoms with Crippen molar-refractivity contribution < 1.29 is 4.74 Å². The molecule has 1 N–H and O–H groups in total. The number of nitrogens with zero attached hydrogens (tertiary/aromatic N) is 2. The maximum absolute atomic E-state index is 5.49. The van der Waals surface area contributed by atoms with Crippen LogP contribution in [0.4, 0.5) is 5.69 Å². The van der Waals surface area contributed by atoms with Crippen molar-refractivity contribution in [2.24, 2.45) is 0 Å². The maximum atomic E-state index is 5.49. The lowest BCUT2D eigenvalue weighted by Gasteiger charge is -2.32. The molecule has 112 valence electrons. The molecule has 4 nitrogen and oxygen atoms in total. The normalized spacial score (nSPS) is 18.9. The molecule has 0 saturated carbocycles. The molecule has 0 aromatic carbocycles. The summed E-state index contributed by atoms with van der Waals surface area (Å²) >= 11 is 0. The summed E-state index contributed by atoms with van der Waals surface area (Å²) in [4.78, 5) is 6.77. The second kappa shape index (κ2) is 7.48. The van der Waals surface area contributed by atoms with Crippen LogP contribution in [0.5, 0.6) is 5.75 Å². The number of aromatic nitrogens is 1. The number of aryl methyl sites for hydroxylation is 1. The highest BCUT2D eigenvalue weighted by atomic mass is 16.5. The standard InChI is InChI=1S/C16H27N3O/c1-4-9-19(12-14-7-5-6-8-17-14)15-10-13(2)18-11-16(15)20-3/h10-11,14,17H,4-9,12H2,1-3H3. The molecule has 0 radical (unpaired) electrons. The molecule has 2 rings (SSSR count). The van der Waals surface area contributed by atoms with E-state index in [1.165, 1.54) is 24.9 Å². The molecular formula is C16H27N3O. The Balaban J connectivity index is 2.16. The molecule has 0 aliphatic carbocycles. The van der Waals surface area contributed by atoms with E-state index in [9.17, 15) is 0 Å². The Labute approximate surface area is 122 Å². The lowest BCUT2D eigenvalue weighted by atomic mass is 10.0. The second-order valence-electron chi connectivity index (χ2n) is 5.59. The summed E-state index contributed by atoms with van der Waals surface area (Å²) in [5.74, 6) is 0.875. The Morgan fingerprint density at radius 1 is 1.45 bits per heavy atom. The number of ether oxygens (including phenoxy) is 1. The van der Waals surface area contributed by atoms with E-state index < -0.39 is 0 Å². The van der Waals surface area contributed by atoms with E-state index >= 15 is 0 Å². The van der Waals surface area contributed by atoms with E-state index in [0.717, 1.165) is 37.5 Å². The zero-order valence-corrected chi connectivity index (χ0v) is 13.0. The van der Waals surface area contributed by atoms with Gasteiger partial charge in [0.25, 0.3) is 0 Å². The number of pyridine rings is 1. The van der Waals surface area contributed by atoms with Crippen LogP contribution in [0.1, 0.15) is 38.3 Å². The minimum Gasteiger partial charge on any atom is -0.493 e. The first kappa shape index (κ1) is 15.1. The van der Waals surface area contributed by atoms with Gasteiger partial charge in [0.15, 0.2) is 5.75 Å². The molecule has 1 fully saturated rings. The predicted molar refractivity (Wildman–Crippen MR) is 83.7 cm³/mol. The summed E-state index contributed by atoms with van der Waals surface area (Å²) in [5, 5.41) is 3.63. The smallest absolute Gasteiger partial charge is 0.160 e. The number of rotatable bonds is 6. The van der Waals surface area contributed by atoms with Gasteiger partial charge in [0.05, 0.1) is 19.0 Å². The fraction of sp³-hybridized carbons (Fsp3) is 0.688. The number of hydrogen-bond donors (Lipinski definition) is 1. The van der Waals surface area contributed by atoms with Gasteiger partial charge in [0, 0.05) is 24.8 Å². The van der Waals surface area contributed by atoms with Gasteiger partial charge in [-0.2, -0.15) is 0 Å². The molecular weight excluding hydrogens is 250 g/mol. The van der Waals surface area contributed by atoms with E-state index in [1.54, 1.807) is 7.11 Å². The maximum Gasteiger partial charge on any atom is 0.160 e. The van der Waals surface area contributed by atoms with Crippen LogP contribution in [0, 0.1) is 6.92 Å². The molecule has 0 bridgehead atoms. The predicted octanol–water partition coefficient (Wildman–Crippen LogP) is 2.76. The van der Waals surface area contributed by atoms with Crippen molar-refractivity contribution >= 4 is 5.69 Å². The van der Waals surface area contributed by atoms with E-state index in [4.69, 9.17) is 4.74 Å². The van der Waals surface area contributed by atoms with Crippen LogP contribution in [0.3, 0.4) is 0 Å².